The molecule has 166 valence electrons. The fourth-order valence-electron chi connectivity index (χ4n) is 5.14. The van der Waals surface area contributed by atoms with Gasteiger partial charge in [-0.3, -0.25) is 0 Å². The summed E-state index contributed by atoms with van der Waals surface area (Å²) in [7, 11) is 0. The van der Waals surface area contributed by atoms with Gasteiger partial charge in [0.15, 0.2) is 0 Å². The molecule has 1 heteroatoms. The van der Waals surface area contributed by atoms with Crippen LogP contribution in [0.15, 0.2) is 54.6 Å². The standard InChI is InChI=1S/C31H35F/c1-3-5-24-6-8-25(9-7-24)10-11-26-12-14-27(15-13-26)16-18-28-19-20-29-22-23(4-2)17-21-30(29)31(28)32/h12-15,17,19-22,24-25H,3-11H2,1-2H3. The topological polar surface area (TPSA) is 0 Å². The average molecular weight is 427 g/mol. The van der Waals surface area contributed by atoms with Crippen LogP contribution in [0.25, 0.3) is 10.8 Å². The fraction of sp³-hybridized carbons (Fsp3) is 0.419. The Balaban J connectivity index is 1.36. The summed E-state index contributed by atoms with van der Waals surface area (Å²) in [5, 5.41) is 1.59. The van der Waals surface area contributed by atoms with Crippen LogP contribution < -0.4 is 0 Å². The van der Waals surface area contributed by atoms with E-state index >= 15 is 0 Å². The molecule has 0 spiro atoms. The molecule has 0 amide bonds. The van der Waals surface area contributed by atoms with Crippen molar-refractivity contribution in [3.05, 3.63) is 82.7 Å². The monoisotopic (exact) mass is 426 g/mol. The van der Waals surface area contributed by atoms with E-state index in [0.29, 0.717) is 10.9 Å². The lowest BCUT2D eigenvalue weighted by atomic mass is 9.78. The van der Waals surface area contributed by atoms with Gasteiger partial charge < -0.3 is 0 Å². The fourth-order valence-corrected chi connectivity index (χ4v) is 5.14. The van der Waals surface area contributed by atoms with Gasteiger partial charge in [-0.2, -0.15) is 0 Å². The number of aryl methyl sites for hydroxylation is 2. The highest BCUT2D eigenvalue weighted by molar-refractivity contribution is 5.85. The maximum atomic E-state index is 14.9. The van der Waals surface area contributed by atoms with Crippen LogP contribution in [0, 0.1) is 29.5 Å². The number of hydrogen-bond acceptors (Lipinski definition) is 0. The lowest BCUT2D eigenvalue weighted by Gasteiger charge is -2.28. The van der Waals surface area contributed by atoms with E-state index < -0.39 is 0 Å². The van der Waals surface area contributed by atoms with Crippen LogP contribution in [0.3, 0.4) is 0 Å². The molecule has 1 aliphatic carbocycles. The molecule has 0 radical (unpaired) electrons. The normalized spacial score (nSPS) is 18.3. The third-order valence-corrected chi connectivity index (χ3v) is 7.23. The minimum atomic E-state index is -0.220. The van der Waals surface area contributed by atoms with Crippen molar-refractivity contribution in [3.63, 3.8) is 0 Å². The van der Waals surface area contributed by atoms with E-state index in [4.69, 9.17) is 0 Å². The zero-order valence-electron chi connectivity index (χ0n) is 19.6. The van der Waals surface area contributed by atoms with E-state index in [2.05, 4.69) is 56.0 Å². The van der Waals surface area contributed by atoms with Crippen molar-refractivity contribution in [3.8, 4) is 11.8 Å². The zero-order valence-corrected chi connectivity index (χ0v) is 19.6. The molecule has 0 unspecified atom stereocenters. The molecule has 4 rings (SSSR count). The second kappa shape index (κ2) is 10.8. The molecule has 1 aliphatic rings. The average Bonchev–Trinajstić information content (AvgIpc) is 2.84. The molecule has 0 aromatic heterocycles. The summed E-state index contributed by atoms with van der Waals surface area (Å²) in [6.45, 7) is 4.42. The van der Waals surface area contributed by atoms with Gasteiger partial charge in [-0.25, -0.2) is 4.39 Å². The van der Waals surface area contributed by atoms with Crippen molar-refractivity contribution >= 4 is 10.8 Å². The van der Waals surface area contributed by atoms with Crippen LogP contribution in [0.2, 0.25) is 0 Å². The van der Waals surface area contributed by atoms with Gasteiger partial charge in [0.1, 0.15) is 5.82 Å². The molecule has 0 N–H and O–H groups in total. The zero-order chi connectivity index (χ0) is 22.3. The highest BCUT2D eigenvalue weighted by Crippen LogP contribution is 2.33. The van der Waals surface area contributed by atoms with Crippen LogP contribution in [0.4, 0.5) is 4.39 Å². The lowest BCUT2D eigenvalue weighted by Crippen LogP contribution is -2.15. The van der Waals surface area contributed by atoms with E-state index in [0.717, 1.165) is 35.6 Å². The molecule has 0 atom stereocenters. The maximum Gasteiger partial charge on any atom is 0.146 e. The minimum Gasteiger partial charge on any atom is -0.205 e. The van der Waals surface area contributed by atoms with Gasteiger partial charge >= 0.3 is 0 Å². The molecule has 1 saturated carbocycles. The van der Waals surface area contributed by atoms with Crippen LogP contribution in [0.5, 0.6) is 0 Å². The van der Waals surface area contributed by atoms with Crippen molar-refractivity contribution in [2.24, 2.45) is 11.8 Å². The van der Waals surface area contributed by atoms with Gasteiger partial charge in [0, 0.05) is 10.9 Å². The second-order valence-electron chi connectivity index (χ2n) is 9.50. The first kappa shape index (κ1) is 22.6. The summed E-state index contributed by atoms with van der Waals surface area (Å²) >= 11 is 0. The predicted molar refractivity (Wildman–Crippen MR) is 134 cm³/mol. The first-order valence-electron chi connectivity index (χ1n) is 12.5. The Kier molecular flexibility index (Phi) is 7.64. The third kappa shape index (κ3) is 5.60. The van der Waals surface area contributed by atoms with Gasteiger partial charge in [0.2, 0.25) is 0 Å². The van der Waals surface area contributed by atoms with E-state index in [1.165, 1.54) is 56.1 Å². The number of fused-ring (bicyclic) bond motifs is 1. The summed E-state index contributed by atoms with van der Waals surface area (Å²) < 4.78 is 14.9. The molecule has 3 aromatic rings. The molecule has 32 heavy (non-hydrogen) atoms. The van der Waals surface area contributed by atoms with E-state index in [9.17, 15) is 4.39 Å². The molecule has 0 heterocycles. The highest BCUT2D eigenvalue weighted by atomic mass is 19.1. The largest absolute Gasteiger partial charge is 0.205 e. The van der Waals surface area contributed by atoms with E-state index in [-0.39, 0.29) is 5.82 Å². The Morgan fingerprint density at radius 3 is 2.16 bits per heavy atom. The highest BCUT2D eigenvalue weighted by Gasteiger charge is 2.20. The van der Waals surface area contributed by atoms with Crippen molar-refractivity contribution in [2.45, 2.75) is 71.6 Å². The van der Waals surface area contributed by atoms with Crippen molar-refractivity contribution in [1.29, 1.82) is 0 Å². The van der Waals surface area contributed by atoms with Crippen molar-refractivity contribution in [2.75, 3.05) is 0 Å². The molecule has 1 fully saturated rings. The van der Waals surface area contributed by atoms with Gasteiger partial charge in [0.05, 0.1) is 5.56 Å². The maximum absolute atomic E-state index is 14.9. The summed E-state index contributed by atoms with van der Waals surface area (Å²) in [4.78, 5) is 0. The van der Waals surface area contributed by atoms with E-state index in [1.54, 1.807) is 6.07 Å². The molecule has 0 saturated heterocycles. The van der Waals surface area contributed by atoms with Gasteiger partial charge in [-0.05, 0) is 65.8 Å². The Bertz CT molecular complexity index is 1090. The Labute approximate surface area is 193 Å². The smallest absolute Gasteiger partial charge is 0.146 e. The van der Waals surface area contributed by atoms with Crippen LogP contribution >= 0.6 is 0 Å². The Morgan fingerprint density at radius 2 is 1.47 bits per heavy atom. The first-order chi connectivity index (χ1) is 15.7. The SMILES string of the molecule is CCCC1CCC(CCc2ccc(C#Cc3ccc4cc(CC)ccc4c3F)cc2)CC1. The Hall–Kier alpha value is -2.59. The Morgan fingerprint density at radius 1 is 0.781 bits per heavy atom. The van der Waals surface area contributed by atoms with E-state index in [1.807, 2.05) is 18.2 Å². The molecule has 0 bridgehead atoms. The quantitative estimate of drug-likeness (QED) is 0.347. The summed E-state index contributed by atoms with van der Waals surface area (Å²) in [5.74, 6) is 7.85. The van der Waals surface area contributed by atoms with Crippen LogP contribution in [0.1, 0.15) is 81.0 Å². The minimum absolute atomic E-state index is 0.220. The molecular weight excluding hydrogens is 391 g/mol. The summed E-state index contributed by atoms with van der Waals surface area (Å²) in [5.41, 5.74) is 4.01. The first-order valence-corrected chi connectivity index (χ1v) is 12.5. The molecule has 0 nitrogen and oxygen atoms in total. The summed E-state index contributed by atoms with van der Waals surface area (Å²) in [6.07, 6.45) is 11.8. The predicted octanol–water partition coefficient (Wildman–Crippen LogP) is 8.48. The number of benzene rings is 3. The third-order valence-electron chi connectivity index (χ3n) is 7.23. The van der Waals surface area contributed by atoms with Crippen molar-refractivity contribution < 1.29 is 4.39 Å². The van der Waals surface area contributed by atoms with Crippen molar-refractivity contribution in [1.82, 2.24) is 0 Å². The lowest BCUT2D eigenvalue weighted by molar-refractivity contribution is 0.252. The molecule has 3 aromatic carbocycles. The number of hydrogen-bond donors (Lipinski definition) is 0. The second-order valence-corrected chi connectivity index (χ2v) is 9.50. The number of rotatable bonds is 6. The van der Waals surface area contributed by atoms with Gasteiger partial charge in [0.25, 0.3) is 0 Å². The van der Waals surface area contributed by atoms with Crippen LogP contribution in [-0.2, 0) is 12.8 Å². The molecular formula is C31H35F. The van der Waals surface area contributed by atoms with Gasteiger partial charge in [-0.1, -0.05) is 101 Å². The van der Waals surface area contributed by atoms with Gasteiger partial charge in [-0.15, -0.1) is 0 Å². The molecule has 0 aliphatic heterocycles. The summed E-state index contributed by atoms with van der Waals surface area (Å²) in [6, 6.07) is 18.2. The number of halogens is 1. The van der Waals surface area contributed by atoms with Crippen LogP contribution in [-0.4, -0.2) is 0 Å².